The summed E-state index contributed by atoms with van der Waals surface area (Å²) < 4.78 is 1.95. The summed E-state index contributed by atoms with van der Waals surface area (Å²) in [6.07, 6.45) is 1.82. The van der Waals surface area contributed by atoms with E-state index in [9.17, 15) is 0 Å². The number of hydrogen-bond donors (Lipinski definition) is 0. The van der Waals surface area contributed by atoms with Crippen LogP contribution in [0, 0.1) is 20.8 Å². The number of hydrogen-bond acceptors (Lipinski definition) is 4. The van der Waals surface area contributed by atoms with E-state index >= 15 is 0 Å². The Hall–Kier alpha value is -2.56. The Bertz CT molecular complexity index is 875. The number of nitrogens with zero attached hydrogens (tertiary/aromatic N) is 5. The zero-order valence-electron chi connectivity index (χ0n) is 14.5. The topological polar surface area (TPSA) is 36.7 Å². The first-order chi connectivity index (χ1) is 11.6. The molecule has 0 atom stereocenters. The lowest BCUT2D eigenvalue weighted by Crippen LogP contribution is -2.47. The van der Waals surface area contributed by atoms with Crippen LogP contribution in [0.1, 0.15) is 16.8 Å². The summed E-state index contributed by atoms with van der Waals surface area (Å²) in [5, 5.41) is 4.44. The molecule has 3 heterocycles. The Morgan fingerprint density at radius 3 is 2.46 bits per heavy atom. The summed E-state index contributed by atoms with van der Waals surface area (Å²) >= 11 is 0. The minimum Gasteiger partial charge on any atom is -0.368 e. The molecule has 1 fully saturated rings. The summed E-state index contributed by atoms with van der Waals surface area (Å²) in [6, 6.07) is 10.7. The Labute approximate surface area is 142 Å². The van der Waals surface area contributed by atoms with Crippen LogP contribution in [0.5, 0.6) is 0 Å². The molecule has 124 valence electrons. The van der Waals surface area contributed by atoms with E-state index in [0.717, 1.165) is 43.3 Å². The second-order valence-electron chi connectivity index (χ2n) is 6.55. The van der Waals surface area contributed by atoms with Gasteiger partial charge in [-0.3, -0.25) is 0 Å². The fourth-order valence-corrected chi connectivity index (χ4v) is 3.50. The van der Waals surface area contributed by atoms with E-state index in [-0.39, 0.29) is 0 Å². The highest BCUT2D eigenvalue weighted by molar-refractivity contribution is 5.58. The predicted molar refractivity (Wildman–Crippen MR) is 98.1 cm³/mol. The van der Waals surface area contributed by atoms with Crippen molar-refractivity contribution >= 4 is 17.2 Å². The molecule has 0 unspecified atom stereocenters. The molecule has 5 nitrogen and oxygen atoms in total. The van der Waals surface area contributed by atoms with Crippen LogP contribution in [-0.4, -0.2) is 40.8 Å². The fourth-order valence-electron chi connectivity index (χ4n) is 3.50. The van der Waals surface area contributed by atoms with E-state index in [4.69, 9.17) is 0 Å². The highest BCUT2D eigenvalue weighted by atomic mass is 15.4. The Kier molecular flexibility index (Phi) is 3.63. The molecule has 5 heteroatoms. The molecule has 24 heavy (non-hydrogen) atoms. The van der Waals surface area contributed by atoms with Crippen molar-refractivity contribution in [2.24, 2.45) is 0 Å². The van der Waals surface area contributed by atoms with Gasteiger partial charge in [0.1, 0.15) is 5.82 Å². The maximum Gasteiger partial charge on any atom is 0.157 e. The summed E-state index contributed by atoms with van der Waals surface area (Å²) in [6.45, 7) is 10.5. The molecule has 4 rings (SSSR count). The molecule has 1 aromatic carbocycles. The van der Waals surface area contributed by atoms with Crippen LogP contribution in [0.2, 0.25) is 0 Å². The van der Waals surface area contributed by atoms with Gasteiger partial charge in [0.25, 0.3) is 0 Å². The molecule has 1 aliphatic heterocycles. The van der Waals surface area contributed by atoms with Crippen LogP contribution in [0.4, 0.5) is 11.5 Å². The predicted octanol–water partition coefficient (Wildman–Crippen LogP) is 2.98. The third-order valence-electron chi connectivity index (χ3n) is 4.99. The molecule has 2 aromatic heterocycles. The van der Waals surface area contributed by atoms with Gasteiger partial charge in [0.05, 0.1) is 6.20 Å². The third kappa shape index (κ3) is 2.50. The van der Waals surface area contributed by atoms with Crippen molar-refractivity contribution < 1.29 is 0 Å². The lowest BCUT2D eigenvalue weighted by atomic mass is 10.1. The smallest absolute Gasteiger partial charge is 0.157 e. The third-order valence-corrected chi connectivity index (χ3v) is 4.99. The Balaban J connectivity index is 1.58. The van der Waals surface area contributed by atoms with Crippen LogP contribution in [0.15, 0.2) is 36.5 Å². The first kappa shape index (κ1) is 15.0. The molecule has 1 saturated heterocycles. The van der Waals surface area contributed by atoms with Crippen LogP contribution in [0.25, 0.3) is 5.65 Å². The molecule has 0 aliphatic carbocycles. The summed E-state index contributed by atoms with van der Waals surface area (Å²) in [5.74, 6) is 1.14. The summed E-state index contributed by atoms with van der Waals surface area (Å²) in [7, 11) is 0. The van der Waals surface area contributed by atoms with Crippen LogP contribution in [0.3, 0.4) is 0 Å². The van der Waals surface area contributed by atoms with Gasteiger partial charge in [-0.05, 0) is 38.0 Å². The average Bonchev–Trinajstić information content (AvgIpc) is 3.05. The molecule has 0 N–H and O–H groups in total. The van der Waals surface area contributed by atoms with Crippen molar-refractivity contribution in [1.29, 1.82) is 0 Å². The van der Waals surface area contributed by atoms with Gasteiger partial charge in [-0.1, -0.05) is 12.1 Å². The number of piperazine rings is 1. The highest BCUT2D eigenvalue weighted by Gasteiger charge is 2.21. The monoisotopic (exact) mass is 321 g/mol. The second-order valence-corrected chi connectivity index (χ2v) is 6.55. The van der Waals surface area contributed by atoms with Gasteiger partial charge < -0.3 is 9.80 Å². The highest BCUT2D eigenvalue weighted by Crippen LogP contribution is 2.25. The minimum absolute atomic E-state index is 0.918. The molecule has 0 amide bonds. The van der Waals surface area contributed by atoms with Crippen molar-refractivity contribution in [3.8, 4) is 0 Å². The normalized spacial score (nSPS) is 15.3. The summed E-state index contributed by atoms with van der Waals surface area (Å²) in [4.78, 5) is 9.44. The maximum absolute atomic E-state index is 4.54. The van der Waals surface area contributed by atoms with E-state index in [1.165, 1.54) is 16.8 Å². The minimum atomic E-state index is 0.918. The van der Waals surface area contributed by atoms with E-state index in [1.807, 2.05) is 23.7 Å². The standard InChI is InChI=1S/C19H23N5/c1-14-5-4-6-17(16(14)3)22-9-11-23(12-10-22)19-13-15(2)21-18-7-8-20-24(18)19/h4-8,13H,9-12H2,1-3H3. The van der Waals surface area contributed by atoms with Crippen LogP contribution < -0.4 is 9.80 Å². The first-order valence-corrected chi connectivity index (χ1v) is 8.51. The number of fused-ring (bicyclic) bond motifs is 1. The number of rotatable bonds is 2. The number of benzene rings is 1. The molecule has 0 bridgehead atoms. The first-order valence-electron chi connectivity index (χ1n) is 8.51. The maximum atomic E-state index is 4.54. The van der Waals surface area contributed by atoms with E-state index < -0.39 is 0 Å². The Morgan fingerprint density at radius 1 is 0.917 bits per heavy atom. The van der Waals surface area contributed by atoms with Gasteiger partial charge >= 0.3 is 0 Å². The molecule has 0 spiro atoms. The van der Waals surface area contributed by atoms with Crippen molar-refractivity contribution in [1.82, 2.24) is 14.6 Å². The van der Waals surface area contributed by atoms with Gasteiger partial charge in [-0.25, -0.2) is 4.98 Å². The lowest BCUT2D eigenvalue weighted by Gasteiger charge is -2.38. The van der Waals surface area contributed by atoms with Crippen LogP contribution in [-0.2, 0) is 0 Å². The quantitative estimate of drug-likeness (QED) is 0.727. The number of aryl methyl sites for hydroxylation is 2. The molecular formula is C19H23N5. The zero-order valence-corrected chi connectivity index (χ0v) is 14.5. The van der Waals surface area contributed by atoms with Gasteiger partial charge in [-0.15, -0.1) is 0 Å². The van der Waals surface area contributed by atoms with E-state index in [0.29, 0.717) is 0 Å². The number of aromatic nitrogens is 3. The van der Waals surface area contributed by atoms with Gasteiger partial charge in [0, 0.05) is 49.7 Å². The summed E-state index contributed by atoms with van der Waals surface area (Å²) in [5.41, 5.74) is 6.07. The molecule has 3 aromatic rings. The van der Waals surface area contributed by atoms with E-state index in [1.54, 1.807) is 0 Å². The van der Waals surface area contributed by atoms with Crippen molar-refractivity contribution in [3.63, 3.8) is 0 Å². The number of anilines is 2. The van der Waals surface area contributed by atoms with Crippen LogP contribution >= 0.6 is 0 Å². The molecule has 1 aliphatic rings. The van der Waals surface area contributed by atoms with Crippen molar-refractivity contribution in [2.75, 3.05) is 36.0 Å². The van der Waals surface area contributed by atoms with Gasteiger partial charge in [0.15, 0.2) is 5.65 Å². The average molecular weight is 321 g/mol. The largest absolute Gasteiger partial charge is 0.368 e. The fraction of sp³-hybridized carbons (Fsp3) is 0.368. The lowest BCUT2D eigenvalue weighted by molar-refractivity contribution is 0.637. The zero-order chi connectivity index (χ0) is 16.7. The van der Waals surface area contributed by atoms with E-state index in [2.05, 4.69) is 58.0 Å². The Morgan fingerprint density at radius 2 is 1.67 bits per heavy atom. The van der Waals surface area contributed by atoms with Gasteiger partial charge in [-0.2, -0.15) is 9.61 Å². The van der Waals surface area contributed by atoms with Gasteiger partial charge in [0.2, 0.25) is 0 Å². The van der Waals surface area contributed by atoms with Crippen molar-refractivity contribution in [3.05, 3.63) is 53.3 Å². The second kappa shape index (κ2) is 5.82. The van der Waals surface area contributed by atoms with Crippen molar-refractivity contribution in [2.45, 2.75) is 20.8 Å². The molecular weight excluding hydrogens is 298 g/mol. The molecule has 0 radical (unpaired) electrons. The SMILES string of the molecule is Cc1cc(N2CCN(c3cccc(C)c3C)CC2)n2nccc2n1. The molecule has 0 saturated carbocycles.